The van der Waals surface area contributed by atoms with Gasteiger partial charge in [-0.3, -0.25) is 19.5 Å². The molecule has 1 atom stereocenters. The van der Waals surface area contributed by atoms with E-state index >= 15 is 0 Å². The van der Waals surface area contributed by atoms with Gasteiger partial charge in [0.1, 0.15) is 11.6 Å². The average Bonchev–Trinajstić information content (AvgIpc) is 2.59. The van der Waals surface area contributed by atoms with Gasteiger partial charge in [-0.05, 0) is 19.2 Å². The van der Waals surface area contributed by atoms with Crippen molar-refractivity contribution in [3.05, 3.63) is 30.1 Å². The van der Waals surface area contributed by atoms with Gasteiger partial charge in [0.15, 0.2) is 0 Å². The normalized spacial score (nSPS) is 22.3. The van der Waals surface area contributed by atoms with Gasteiger partial charge < -0.3 is 14.5 Å². The summed E-state index contributed by atoms with van der Waals surface area (Å²) in [6.07, 6.45) is 1.73. The number of carbonyl (C=O) groups is 2. The van der Waals surface area contributed by atoms with Crippen LogP contribution in [0.1, 0.15) is 19.5 Å². The number of likely N-dealkylation sites (N-methyl/N-ethyl adjacent to an activating group) is 2. The lowest BCUT2D eigenvalue weighted by atomic mass is 9.89. The highest BCUT2D eigenvalue weighted by Gasteiger charge is 2.51. The molecule has 0 radical (unpaired) electrons. The number of likely N-dealkylation sites (tertiary alicyclic amines) is 1. The van der Waals surface area contributed by atoms with Crippen molar-refractivity contribution in [2.24, 2.45) is 5.92 Å². The smallest absolute Gasteiger partial charge is 0.242 e. The van der Waals surface area contributed by atoms with Crippen LogP contribution in [0.5, 0.6) is 0 Å². The van der Waals surface area contributed by atoms with Crippen LogP contribution in [0.15, 0.2) is 24.4 Å². The van der Waals surface area contributed by atoms with E-state index in [4.69, 9.17) is 4.74 Å². The Labute approximate surface area is 154 Å². The first-order valence-electron chi connectivity index (χ1n) is 9.09. The molecule has 0 aliphatic carbocycles. The van der Waals surface area contributed by atoms with E-state index in [1.165, 1.54) is 0 Å². The Balaban J connectivity index is 1.54. The Bertz CT molecular complexity index is 658. The van der Waals surface area contributed by atoms with Crippen LogP contribution in [0, 0.1) is 5.92 Å². The molecule has 2 aliphatic rings. The third kappa shape index (κ3) is 3.73. The average molecular weight is 360 g/mol. The zero-order valence-corrected chi connectivity index (χ0v) is 16.0. The van der Waals surface area contributed by atoms with Crippen LogP contribution >= 0.6 is 0 Å². The molecular weight excluding hydrogens is 332 g/mol. The summed E-state index contributed by atoms with van der Waals surface area (Å²) in [5.41, 5.74) is 0.538. The van der Waals surface area contributed by atoms with Crippen molar-refractivity contribution in [3.8, 4) is 0 Å². The molecule has 3 heterocycles. The number of nitrogens with zero attached hydrogens (tertiary/aromatic N) is 4. The number of ether oxygens (including phenoxy) is 1. The third-order valence-corrected chi connectivity index (χ3v) is 5.17. The first-order valence-corrected chi connectivity index (χ1v) is 9.09. The molecule has 3 rings (SSSR count). The molecule has 7 nitrogen and oxygen atoms in total. The summed E-state index contributed by atoms with van der Waals surface area (Å²) in [5.74, 6) is 0.195. The van der Waals surface area contributed by atoms with Gasteiger partial charge in [0.25, 0.3) is 0 Å². The minimum absolute atomic E-state index is 0.00300. The topological polar surface area (TPSA) is 66.0 Å². The summed E-state index contributed by atoms with van der Waals surface area (Å²) in [5, 5.41) is 0. The Morgan fingerprint density at radius 3 is 2.65 bits per heavy atom. The van der Waals surface area contributed by atoms with E-state index in [0.717, 1.165) is 5.69 Å². The fourth-order valence-corrected chi connectivity index (χ4v) is 3.68. The van der Waals surface area contributed by atoms with Crippen molar-refractivity contribution >= 4 is 11.8 Å². The maximum atomic E-state index is 12.8. The van der Waals surface area contributed by atoms with E-state index < -0.39 is 0 Å². The molecule has 7 heteroatoms. The molecule has 1 aromatic rings. The van der Waals surface area contributed by atoms with Gasteiger partial charge in [-0.25, -0.2) is 0 Å². The zero-order valence-electron chi connectivity index (χ0n) is 16.0. The quantitative estimate of drug-likeness (QED) is 0.787. The maximum absolute atomic E-state index is 12.8. The number of aromatic nitrogens is 1. The van der Waals surface area contributed by atoms with Gasteiger partial charge in [0, 0.05) is 25.7 Å². The standard InChI is InChI=1S/C19H28N4O3/c1-14(2)17(24)23-12-19(13-23)11-22(4)16(10-26-19)18(25)21(3)9-15-7-5-6-8-20-15/h5-8,14,16H,9-13H2,1-4H3. The number of carbonyl (C=O) groups excluding carboxylic acids is 2. The molecule has 26 heavy (non-hydrogen) atoms. The highest BCUT2D eigenvalue weighted by atomic mass is 16.5. The van der Waals surface area contributed by atoms with Crippen LogP contribution in [0.4, 0.5) is 0 Å². The zero-order chi connectivity index (χ0) is 18.9. The molecule has 142 valence electrons. The Hall–Kier alpha value is -1.99. The third-order valence-electron chi connectivity index (χ3n) is 5.17. The lowest BCUT2D eigenvalue weighted by molar-refractivity contribution is -0.204. The molecule has 2 aliphatic heterocycles. The number of hydrogen-bond acceptors (Lipinski definition) is 5. The van der Waals surface area contributed by atoms with Crippen LogP contribution in [0.3, 0.4) is 0 Å². The van der Waals surface area contributed by atoms with Gasteiger partial charge in [-0.15, -0.1) is 0 Å². The van der Waals surface area contributed by atoms with Gasteiger partial charge in [0.05, 0.1) is 31.9 Å². The van der Waals surface area contributed by atoms with Gasteiger partial charge in [-0.2, -0.15) is 0 Å². The first-order chi connectivity index (χ1) is 12.3. The number of rotatable bonds is 4. The van der Waals surface area contributed by atoms with Crippen LogP contribution < -0.4 is 0 Å². The summed E-state index contributed by atoms with van der Waals surface area (Å²) in [4.78, 5) is 34.7. The number of pyridine rings is 1. The van der Waals surface area contributed by atoms with Crippen molar-refractivity contribution in [1.82, 2.24) is 19.7 Å². The Kier molecular flexibility index (Phi) is 5.29. The molecule has 2 amide bonds. The predicted molar refractivity (Wildman–Crippen MR) is 97.2 cm³/mol. The lowest BCUT2D eigenvalue weighted by Crippen LogP contribution is -2.73. The molecule has 0 N–H and O–H groups in total. The fraction of sp³-hybridized carbons (Fsp3) is 0.632. The largest absolute Gasteiger partial charge is 0.368 e. The second-order valence-corrected chi connectivity index (χ2v) is 7.79. The molecule has 2 saturated heterocycles. The van der Waals surface area contributed by atoms with Crippen molar-refractivity contribution in [2.75, 3.05) is 40.3 Å². The van der Waals surface area contributed by atoms with E-state index in [2.05, 4.69) is 9.88 Å². The monoisotopic (exact) mass is 360 g/mol. The van der Waals surface area contributed by atoms with Crippen molar-refractivity contribution < 1.29 is 14.3 Å². The minimum atomic E-state index is -0.324. The molecule has 0 saturated carbocycles. The van der Waals surface area contributed by atoms with Crippen LogP contribution in [-0.4, -0.2) is 83.5 Å². The molecule has 2 fully saturated rings. The van der Waals surface area contributed by atoms with Crippen molar-refractivity contribution in [3.63, 3.8) is 0 Å². The summed E-state index contributed by atoms with van der Waals surface area (Å²) in [6, 6.07) is 5.39. The Morgan fingerprint density at radius 1 is 1.35 bits per heavy atom. The van der Waals surface area contributed by atoms with E-state index in [-0.39, 0.29) is 29.4 Å². The number of amides is 2. The molecule has 1 spiro atoms. The summed E-state index contributed by atoms with van der Waals surface area (Å²) >= 11 is 0. The SMILES string of the molecule is CC(C)C(=O)N1CC2(C1)CN(C)C(C(=O)N(C)Cc1ccccn1)CO2. The maximum Gasteiger partial charge on any atom is 0.242 e. The Morgan fingerprint density at radius 2 is 2.08 bits per heavy atom. The predicted octanol–water partition coefficient (Wildman–Crippen LogP) is 0.608. The number of hydrogen-bond donors (Lipinski definition) is 0. The molecule has 1 aromatic heterocycles. The van der Waals surface area contributed by atoms with E-state index in [1.807, 2.05) is 44.0 Å². The molecular formula is C19H28N4O3. The molecule has 0 aromatic carbocycles. The van der Waals surface area contributed by atoms with Crippen LogP contribution in [0.25, 0.3) is 0 Å². The highest BCUT2D eigenvalue weighted by molar-refractivity contribution is 5.82. The van der Waals surface area contributed by atoms with Crippen LogP contribution in [0.2, 0.25) is 0 Å². The summed E-state index contributed by atoms with van der Waals surface area (Å²) in [7, 11) is 3.75. The van der Waals surface area contributed by atoms with E-state index in [1.54, 1.807) is 18.1 Å². The summed E-state index contributed by atoms with van der Waals surface area (Å²) in [6.45, 7) is 6.53. The van der Waals surface area contributed by atoms with Crippen molar-refractivity contribution in [1.29, 1.82) is 0 Å². The van der Waals surface area contributed by atoms with Gasteiger partial charge >= 0.3 is 0 Å². The first kappa shape index (κ1) is 18.8. The fourth-order valence-electron chi connectivity index (χ4n) is 3.68. The second-order valence-electron chi connectivity index (χ2n) is 7.79. The van der Waals surface area contributed by atoms with Crippen LogP contribution in [-0.2, 0) is 20.9 Å². The molecule has 0 bridgehead atoms. The summed E-state index contributed by atoms with van der Waals surface area (Å²) < 4.78 is 6.07. The van der Waals surface area contributed by atoms with E-state index in [0.29, 0.717) is 32.8 Å². The highest BCUT2D eigenvalue weighted by Crippen LogP contribution is 2.31. The lowest BCUT2D eigenvalue weighted by Gasteiger charge is -2.55. The van der Waals surface area contributed by atoms with Gasteiger partial charge in [-0.1, -0.05) is 19.9 Å². The molecule has 1 unspecified atom stereocenters. The second kappa shape index (κ2) is 7.32. The van der Waals surface area contributed by atoms with Gasteiger partial charge in [0.2, 0.25) is 11.8 Å². The number of morpholine rings is 1. The minimum Gasteiger partial charge on any atom is -0.368 e. The van der Waals surface area contributed by atoms with Crippen molar-refractivity contribution in [2.45, 2.75) is 32.0 Å². The van der Waals surface area contributed by atoms with E-state index in [9.17, 15) is 9.59 Å².